The van der Waals surface area contributed by atoms with Crippen LogP contribution in [0, 0.1) is 0 Å². The highest BCUT2D eigenvalue weighted by molar-refractivity contribution is 5.85. The van der Waals surface area contributed by atoms with E-state index in [2.05, 4.69) is 164 Å². The van der Waals surface area contributed by atoms with Gasteiger partial charge in [-0.25, -0.2) is 0 Å². The molecule has 0 aromatic heterocycles. The van der Waals surface area contributed by atoms with Gasteiger partial charge >= 0.3 is 0 Å². The van der Waals surface area contributed by atoms with Gasteiger partial charge in [0, 0.05) is 28.4 Å². The molecule has 246 valence electrons. The standard InChI is InChI=1S/C49H45N/c1-49(2)47-32-40(46(29-34-13-5-3-6-14-34)39-22-21-35-15-9-11-17-37(35)30-39)24-27-44(47)45-28-26-43(33-48(45)49)50(41-19-7-4-8-20-41)42-25-23-36-16-10-12-18-38(36)31-42/h3,5-7,11-14,17-28,30-33,46H,4,8-10,15-16,29H2,1-2H3/t46-/m0/s1. The number of rotatable bonds is 7. The summed E-state index contributed by atoms with van der Waals surface area (Å²) >= 11 is 0. The van der Waals surface area contributed by atoms with Crippen LogP contribution in [0.4, 0.5) is 11.4 Å². The van der Waals surface area contributed by atoms with Crippen LogP contribution < -0.4 is 4.90 Å². The third-order valence-electron chi connectivity index (χ3n) is 11.6. The number of aryl methyl sites for hydroxylation is 2. The maximum atomic E-state index is 2.54. The van der Waals surface area contributed by atoms with Gasteiger partial charge in [-0.3, -0.25) is 0 Å². The van der Waals surface area contributed by atoms with Gasteiger partial charge in [0.25, 0.3) is 0 Å². The summed E-state index contributed by atoms with van der Waals surface area (Å²) < 4.78 is 0. The maximum absolute atomic E-state index is 2.54. The molecule has 0 bridgehead atoms. The molecule has 0 amide bonds. The minimum Gasteiger partial charge on any atom is -0.311 e. The van der Waals surface area contributed by atoms with E-state index >= 15 is 0 Å². The van der Waals surface area contributed by atoms with Crippen LogP contribution in [0.1, 0.15) is 95.5 Å². The van der Waals surface area contributed by atoms with Gasteiger partial charge in [0.2, 0.25) is 0 Å². The SMILES string of the molecule is CC1(C)c2cc([C@@H](Cc3ccccc3)c3ccc4c(c3)C=CCC4)ccc2-c2ccc(N(C3=CCCC=C3)c3ccc4c(c3)C=CCC4)cc21. The zero-order valence-corrected chi connectivity index (χ0v) is 29.3. The molecule has 4 aliphatic rings. The number of nitrogens with zero attached hydrogens (tertiary/aromatic N) is 1. The van der Waals surface area contributed by atoms with Crippen molar-refractivity contribution in [2.24, 2.45) is 0 Å². The second-order valence-electron chi connectivity index (χ2n) is 15.1. The third-order valence-corrected chi connectivity index (χ3v) is 11.6. The van der Waals surface area contributed by atoms with E-state index < -0.39 is 0 Å². The molecular weight excluding hydrogens is 603 g/mol. The molecule has 0 spiro atoms. The van der Waals surface area contributed by atoms with Crippen molar-refractivity contribution in [1.29, 1.82) is 0 Å². The fourth-order valence-electron chi connectivity index (χ4n) is 8.80. The van der Waals surface area contributed by atoms with E-state index in [1.165, 1.54) is 78.3 Å². The smallest absolute Gasteiger partial charge is 0.0467 e. The predicted molar refractivity (Wildman–Crippen MR) is 212 cm³/mol. The minimum absolute atomic E-state index is 0.131. The molecule has 1 nitrogen and oxygen atoms in total. The van der Waals surface area contributed by atoms with Crippen molar-refractivity contribution in [2.45, 2.75) is 70.1 Å². The van der Waals surface area contributed by atoms with E-state index in [1.54, 1.807) is 0 Å². The predicted octanol–water partition coefficient (Wildman–Crippen LogP) is 12.7. The summed E-state index contributed by atoms with van der Waals surface area (Å²) in [4.78, 5) is 2.48. The molecule has 50 heavy (non-hydrogen) atoms. The first kappa shape index (κ1) is 30.9. The molecule has 5 aromatic carbocycles. The topological polar surface area (TPSA) is 3.24 Å². The lowest BCUT2D eigenvalue weighted by molar-refractivity contribution is 0.657. The molecule has 0 saturated carbocycles. The van der Waals surface area contributed by atoms with Crippen molar-refractivity contribution in [3.05, 3.63) is 189 Å². The average molecular weight is 648 g/mol. The molecule has 0 radical (unpaired) electrons. The van der Waals surface area contributed by atoms with Crippen molar-refractivity contribution < 1.29 is 0 Å². The largest absolute Gasteiger partial charge is 0.311 e. The zero-order valence-electron chi connectivity index (χ0n) is 29.3. The number of fused-ring (bicyclic) bond motifs is 5. The Hall–Kier alpha value is -5.14. The molecule has 0 unspecified atom stereocenters. The van der Waals surface area contributed by atoms with Crippen molar-refractivity contribution in [2.75, 3.05) is 4.90 Å². The molecule has 0 saturated heterocycles. The van der Waals surface area contributed by atoms with E-state index in [0.717, 1.165) is 44.9 Å². The van der Waals surface area contributed by atoms with E-state index in [-0.39, 0.29) is 11.3 Å². The summed E-state index contributed by atoms with van der Waals surface area (Å²) in [6.45, 7) is 4.85. The van der Waals surface area contributed by atoms with Crippen molar-refractivity contribution in [1.82, 2.24) is 0 Å². The van der Waals surface area contributed by atoms with E-state index in [4.69, 9.17) is 0 Å². The lowest BCUT2D eigenvalue weighted by Crippen LogP contribution is -2.19. The highest BCUT2D eigenvalue weighted by atomic mass is 15.1. The second-order valence-corrected chi connectivity index (χ2v) is 15.1. The maximum Gasteiger partial charge on any atom is 0.0467 e. The highest BCUT2D eigenvalue weighted by Crippen LogP contribution is 2.51. The number of anilines is 2. The first-order valence-corrected chi connectivity index (χ1v) is 18.6. The molecule has 1 heteroatoms. The molecule has 1 atom stereocenters. The Bertz CT molecular complexity index is 2220. The monoisotopic (exact) mass is 647 g/mol. The highest BCUT2D eigenvalue weighted by Gasteiger charge is 2.37. The Labute approximate surface area is 298 Å². The first-order chi connectivity index (χ1) is 24.5. The van der Waals surface area contributed by atoms with Crippen molar-refractivity contribution >= 4 is 23.5 Å². The van der Waals surface area contributed by atoms with Crippen molar-refractivity contribution in [3.63, 3.8) is 0 Å². The van der Waals surface area contributed by atoms with E-state index in [0.29, 0.717) is 0 Å². The van der Waals surface area contributed by atoms with Gasteiger partial charge in [-0.1, -0.05) is 129 Å². The second kappa shape index (κ2) is 12.6. The van der Waals surface area contributed by atoms with Crippen LogP contribution in [0.2, 0.25) is 0 Å². The number of allylic oxidation sites excluding steroid dienone is 5. The van der Waals surface area contributed by atoms with Gasteiger partial charge in [0.05, 0.1) is 0 Å². The minimum atomic E-state index is -0.131. The van der Waals surface area contributed by atoms with Crippen LogP contribution in [-0.4, -0.2) is 0 Å². The number of hydrogen-bond acceptors (Lipinski definition) is 1. The summed E-state index contributed by atoms with van der Waals surface area (Å²) in [5.41, 5.74) is 19.0. The fourth-order valence-corrected chi connectivity index (χ4v) is 8.80. The van der Waals surface area contributed by atoms with Crippen LogP contribution in [0.15, 0.2) is 139 Å². The first-order valence-electron chi connectivity index (χ1n) is 18.6. The Morgan fingerprint density at radius 1 is 0.580 bits per heavy atom. The summed E-state index contributed by atoms with van der Waals surface area (Å²) in [5.74, 6) is 0.275. The van der Waals surface area contributed by atoms with Crippen molar-refractivity contribution in [3.8, 4) is 11.1 Å². The molecule has 0 heterocycles. The Morgan fingerprint density at radius 3 is 1.96 bits per heavy atom. The number of hydrogen-bond donors (Lipinski definition) is 0. The Kier molecular flexibility index (Phi) is 7.80. The average Bonchev–Trinajstić information content (AvgIpc) is 3.39. The van der Waals surface area contributed by atoms with Crippen LogP contribution in [0.5, 0.6) is 0 Å². The Balaban J connectivity index is 1.12. The van der Waals surface area contributed by atoms with Gasteiger partial charge in [-0.15, -0.1) is 0 Å². The lowest BCUT2D eigenvalue weighted by atomic mass is 9.78. The Morgan fingerprint density at radius 2 is 1.20 bits per heavy atom. The molecule has 0 aliphatic heterocycles. The summed E-state index contributed by atoms with van der Waals surface area (Å²) in [7, 11) is 0. The van der Waals surface area contributed by atoms with Gasteiger partial charge in [0.1, 0.15) is 0 Å². The molecule has 4 aliphatic carbocycles. The van der Waals surface area contributed by atoms with Gasteiger partial charge < -0.3 is 4.90 Å². The van der Waals surface area contributed by atoms with Gasteiger partial charge in [-0.05, 0) is 136 Å². The fraction of sp³-hybridized carbons (Fsp3) is 0.224. The van der Waals surface area contributed by atoms with Gasteiger partial charge in [0.15, 0.2) is 0 Å². The molecule has 0 N–H and O–H groups in total. The molecule has 0 fully saturated rings. The quantitative estimate of drug-likeness (QED) is 0.170. The zero-order chi connectivity index (χ0) is 33.7. The molecule has 5 aromatic rings. The van der Waals surface area contributed by atoms with Gasteiger partial charge in [-0.2, -0.15) is 0 Å². The van der Waals surface area contributed by atoms with Crippen LogP contribution in [-0.2, 0) is 24.7 Å². The van der Waals surface area contributed by atoms with Crippen LogP contribution >= 0.6 is 0 Å². The summed E-state index contributed by atoms with van der Waals surface area (Å²) in [6, 6.07) is 39.9. The lowest BCUT2D eigenvalue weighted by Gasteiger charge is -2.30. The third kappa shape index (κ3) is 5.50. The molecular formula is C49H45N. The van der Waals surface area contributed by atoms with E-state index in [1.807, 2.05) is 0 Å². The normalized spacial score (nSPS) is 17.0. The summed E-state index contributed by atoms with van der Waals surface area (Å²) in [6.07, 6.45) is 24.0. The van der Waals surface area contributed by atoms with Crippen LogP contribution in [0.3, 0.4) is 0 Å². The van der Waals surface area contributed by atoms with E-state index in [9.17, 15) is 0 Å². The molecule has 9 rings (SSSR count). The summed E-state index contributed by atoms with van der Waals surface area (Å²) in [5, 5.41) is 0. The van der Waals surface area contributed by atoms with Crippen LogP contribution in [0.25, 0.3) is 23.3 Å². The number of benzene rings is 5.